The van der Waals surface area contributed by atoms with E-state index in [2.05, 4.69) is 11.2 Å². The van der Waals surface area contributed by atoms with Crippen LogP contribution >= 0.6 is 23.2 Å². The van der Waals surface area contributed by atoms with E-state index in [1.54, 1.807) is 18.2 Å². The van der Waals surface area contributed by atoms with E-state index < -0.39 is 17.8 Å². The number of ether oxygens (including phenoxy) is 3. The minimum atomic E-state index is -0.879. The summed E-state index contributed by atoms with van der Waals surface area (Å²) < 4.78 is 16.5. The van der Waals surface area contributed by atoms with Gasteiger partial charge in [-0.25, -0.2) is 9.69 Å². The lowest BCUT2D eigenvalue weighted by Gasteiger charge is -2.26. The SMILES string of the molecule is C#CCOc1c(Cl)cc(/C=C2\C(=O)NC(=O)N(c3ccc(OCc4ccccc4Cl)cc3)C2=O)cc1OC. The van der Waals surface area contributed by atoms with Crippen LogP contribution in [-0.2, 0) is 16.2 Å². The highest BCUT2D eigenvalue weighted by Crippen LogP contribution is 2.37. The molecule has 1 aliphatic rings. The molecular weight excluding hydrogens is 531 g/mol. The van der Waals surface area contributed by atoms with Crippen molar-refractivity contribution in [2.75, 3.05) is 18.6 Å². The third kappa shape index (κ3) is 5.75. The molecule has 3 aromatic rings. The van der Waals surface area contributed by atoms with Crippen LogP contribution in [0.3, 0.4) is 0 Å². The van der Waals surface area contributed by atoms with Crippen molar-refractivity contribution in [3.63, 3.8) is 0 Å². The number of amides is 4. The molecule has 0 spiro atoms. The Morgan fingerprint density at radius 1 is 1.00 bits per heavy atom. The minimum absolute atomic E-state index is 0.0295. The zero-order chi connectivity index (χ0) is 27.2. The van der Waals surface area contributed by atoms with Gasteiger partial charge in [0.2, 0.25) is 0 Å². The minimum Gasteiger partial charge on any atom is -0.493 e. The molecule has 10 heteroatoms. The quantitative estimate of drug-likeness (QED) is 0.233. The van der Waals surface area contributed by atoms with E-state index in [0.717, 1.165) is 10.5 Å². The second-order valence-corrected chi connectivity index (χ2v) is 8.67. The fourth-order valence-corrected chi connectivity index (χ4v) is 4.07. The summed E-state index contributed by atoms with van der Waals surface area (Å²) in [5.74, 6) is 1.65. The molecule has 1 saturated heterocycles. The number of halogens is 2. The highest BCUT2D eigenvalue weighted by atomic mass is 35.5. The molecule has 0 radical (unpaired) electrons. The summed E-state index contributed by atoms with van der Waals surface area (Å²) in [4.78, 5) is 39.2. The number of nitrogens with zero attached hydrogens (tertiary/aromatic N) is 1. The van der Waals surface area contributed by atoms with Crippen molar-refractivity contribution in [1.29, 1.82) is 0 Å². The van der Waals surface area contributed by atoms with Crippen molar-refractivity contribution < 1.29 is 28.6 Å². The van der Waals surface area contributed by atoms with Crippen molar-refractivity contribution in [2.24, 2.45) is 0 Å². The monoisotopic (exact) mass is 550 g/mol. The first kappa shape index (κ1) is 26.6. The van der Waals surface area contributed by atoms with E-state index in [4.69, 9.17) is 43.8 Å². The molecule has 192 valence electrons. The van der Waals surface area contributed by atoms with Gasteiger partial charge in [-0.3, -0.25) is 14.9 Å². The standard InChI is InChI=1S/C28H20Cl2N2O6/c1-3-12-37-25-23(30)14-17(15-24(25)36-2)13-21-26(33)31-28(35)32(27(21)34)19-8-10-20(11-9-19)38-16-18-6-4-5-7-22(18)29/h1,4-11,13-15H,12,16H2,2H3,(H,31,33,35)/b21-13+. The maximum absolute atomic E-state index is 13.3. The Bertz CT molecular complexity index is 1480. The number of nitrogens with one attached hydrogen (secondary N) is 1. The number of hydrogen-bond acceptors (Lipinski definition) is 6. The van der Waals surface area contributed by atoms with E-state index in [0.29, 0.717) is 16.3 Å². The average Bonchev–Trinajstić information content (AvgIpc) is 2.90. The molecule has 0 aliphatic carbocycles. The van der Waals surface area contributed by atoms with Gasteiger partial charge in [0.05, 0.1) is 17.8 Å². The maximum Gasteiger partial charge on any atom is 0.335 e. The van der Waals surface area contributed by atoms with E-state index in [1.165, 1.54) is 37.5 Å². The van der Waals surface area contributed by atoms with Crippen LogP contribution in [0.25, 0.3) is 6.08 Å². The molecule has 0 bridgehead atoms. The van der Waals surface area contributed by atoms with Crippen LogP contribution in [0.4, 0.5) is 10.5 Å². The van der Waals surface area contributed by atoms with Crippen molar-refractivity contribution in [3.8, 4) is 29.6 Å². The Balaban J connectivity index is 1.57. The van der Waals surface area contributed by atoms with Gasteiger partial charge in [0.15, 0.2) is 11.5 Å². The summed E-state index contributed by atoms with van der Waals surface area (Å²) in [6.45, 7) is 0.209. The van der Waals surface area contributed by atoms with Gasteiger partial charge in [-0.1, -0.05) is 47.3 Å². The number of barbiturate groups is 1. The molecule has 1 heterocycles. The summed E-state index contributed by atoms with van der Waals surface area (Å²) in [6, 6.07) is 15.7. The molecule has 1 aliphatic heterocycles. The second-order valence-electron chi connectivity index (χ2n) is 7.86. The summed E-state index contributed by atoms with van der Waals surface area (Å²) in [6.07, 6.45) is 6.54. The largest absolute Gasteiger partial charge is 0.493 e. The van der Waals surface area contributed by atoms with Gasteiger partial charge < -0.3 is 14.2 Å². The number of methoxy groups -OCH3 is 1. The van der Waals surface area contributed by atoms with E-state index in [1.807, 2.05) is 18.2 Å². The zero-order valence-corrected chi connectivity index (χ0v) is 21.5. The molecule has 1 fully saturated rings. The third-order valence-corrected chi connectivity index (χ3v) is 6.06. The smallest absolute Gasteiger partial charge is 0.335 e. The molecule has 4 amide bonds. The predicted molar refractivity (Wildman–Crippen MR) is 144 cm³/mol. The molecule has 1 N–H and O–H groups in total. The average molecular weight is 551 g/mol. The first-order chi connectivity index (χ1) is 18.3. The van der Waals surface area contributed by atoms with E-state index in [9.17, 15) is 14.4 Å². The number of urea groups is 1. The summed E-state index contributed by atoms with van der Waals surface area (Å²) >= 11 is 12.5. The van der Waals surface area contributed by atoms with Crippen LogP contribution in [-0.4, -0.2) is 31.6 Å². The fourth-order valence-electron chi connectivity index (χ4n) is 3.60. The summed E-state index contributed by atoms with van der Waals surface area (Å²) in [5.41, 5.74) is 1.14. The first-order valence-electron chi connectivity index (χ1n) is 11.1. The van der Waals surface area contributed by atoms with Crippen LogP contribution < -0.4 is 24.4 Å². The highest BCUT2D eigenvalue weighted by molar-refractivity contribution is 6.39. The molecule has 0 aromatic heterocycles. The molecule has 4 rings (SSSR count). The van der Waals surface area contributed by atoms with Crippen LogP contribution in [0.1, 0.15) is 11.1 Å². The Labute approximate surface area is 228 Å². The van der Waals surface area contributed by atoms with Crippen molar-refractivity contribution in [2.45, 2.75) is 6.61 Å². The predicted octanol–water partition coefficient (Wildman–Crippen LogP) is 5.26. The lowest BCUT2D eigenvalue weighted by Crippen LogP contribution is -2.54. The van der Waals surface area contributed by atoms with Crippen LogP contribution in [0.15, 0.2) is 66.2 Å². The number of hydrogen-bond donors (Lipinski definition) is 1. The Morgan fingerprint density at radius 2 is 1.74 bits per heavy atom. The normalized spacial score (nSPS) is 14.2. The highest BCUT2D eigenvalue weighted by Gasteiger charge is 2.37. The fraction of sp³-hybridized carbons (Fsp3) is 0.107. The molecular formula is C28H20Cl2N2O6. The number of anilines is 1. The molecule has 8 nitrogen and oxygen atoms in total. The summed E-state index contributed by atoms with van der Waals surface area (Å²) in [5, 5.41) is 2.92. The van der Waals surface area contributed by atoms with E-state index in [-0.39, 0.29) is 41.0 Å². The maximum atomic E-state index is 13.3. The van der Waals surface area contributed by atoms with Gasteiger partial charge in [-0.2, -0.15) is 0 Å². The Hall–Kier alpha value is -4.45. The summed E-state index contributed by atoms with van der Waals surface area (Å²) in [7, 11) is 1.41. The Morgan fingerprint density at radius 3 is 2.42 bits per heavy atom. The van der Waals surface area contributed by atoms with E-state index >= 15 is 0 Å². The second kappa shape index (κ2) is 11.7. The van der Waals surface area contributed by atoms with Crippen molar-refractivity contribution in [1.82, 2.24) is 5.32 Å². The first-order valence-corrected chi connectivity index (χ1v) is 11.9. The van der Waals surface area contributed by atoms with Crippen LogP contribution in [0.2, 0.25) is 10.0 Å². The number of benzene rings is 3. The van der Waals surface area contributed by atoms with Gasteiger partial charge in [-0.05, 0) is 54.1 Å². The topological polar surface area (TPSA) is 94.2 Å². The van der Waals surface area contributed by atoms with Crippen LogP contribution in [0.5, 0.6) is 17.2 Å². The van der Waals surface area contributed by atoms with Gasteiger partial charge in [0, 0.05) is 10.6 Å². The number of carbonyl (C=O) groups is 3. The number of imide groups is 2. The lowest BCUT2D eigenvalue weighted by molar-refractivity contribution is -0.122. The molecule has 3 aromatic carbocycles. The Kier molecular flexibility index (Phi) is 8.22. The number of rotatable bonds is 8. The van der Waals surface area contributed by atoms with Crippen LogP contribution in [0, 0.1) is 12.3 Å². The van der Waals surface area contributed by atoms with Gasteiger partial charge in [0.1, 0.15) is 24.5 Å². The lowest BCUT2D eigenvalue weighted by atomic mass is 10.1. The third-order valence-electron chi connectivity index (χ3n) is 5.41. The van der Waals surface area contributed by atoms with Gasteiger partial charge in [-0.15, -0.1) is 6.42 Å². The molecule has 38 heavy (non-hydrogen) atoms. The zero-order valence-electron chi connectivity index (χ0n) is 20.0. The van der Waals surface area contributed by atoms with Crippen molar-refractivity contribution >= 4 is 52.8 Å². The molecule has 0 saturated carbocycles. The van der Waals surface area contributed by atoms with Gasteiger partial charge in [0.25, 0.3) is 11.8 Å². The van der Waals surface area contributed by atoms with Crippen molar-refractivity contribution in [3.05, 3.63) is 87.4 Å². The van der Waals surface area contributed by atoms with Gasteiger partial charge >= 0.3 is 6.03 Å². The number of carbonyl (C=O) groups excluding carboxylic acids is 3. The molecule has 0 atom stereocenters. The molecule has 0 unspecified atom stereocenters. The number of terminal acetylenes is 1.